The Morgan fingerprint density at radius 2 is 2.07 bits per heavy atom. The molecule has 0 amide bonds. The number of H-pyrrole nitrogens is 2. The maximum Gasteiger partial charge on any atom is 0.352 e. The highest BCUT2D eigenvalue weighted by molar-refractivity contribution is 5.85. The van der Waals surface area contributed by atoms with Crippen LogP contribution >= 0.6 is 0 Å². The van der Waals surface area contributed by atoms with E-state index >= 15 is 0 Å². The Kier molecular flexibility index (Phi) is 2.13. The van der Waals surface area contributed by atoms with Crippen LogP contribution in [0.3, 0.4) is 0 Å². The Morgan fingerprint density at radius 1 is 1.27 bits per heavy atom. The van der Waals surface area contributed by atoms with Crippen LogP contribution in [0.2, 0.25) is 0 Å². The molecule has 0 aliphatic rings. The van der Waals surface area contributed by atoms with Crippen LogP contribution in [0, 0.1) is 0 Å². The van der Waals surface area contributed by atoms with Gasteiger partial charge in [0.15, 0.2) is 5.43 Å². The van der Waals surface area contributed by atoms with E-state index in [1.54, 1.807) is 18.3 Å². The molecule has 2 rings (SSSR count). The largest absolute Gasteiger partial charge is 0.477 e. The molecule has 0 aromatic carbocycles. The van der Waals surface area contributed by atoms with Crippen molar-refractivity contribution >= 4 is 5.97 Å². The van der Waals surface area contributed by atoms with Gasteiger partial charge in [-0.3, -0.25) is 4.79 Å². The van der Waals surface area contributed by atoms with Gasteiger partial charge in [-0.2, -0.15) is 0 Å². The van der Waals surface area contributed by atoms with Gasteiger partial charge in [0.2, 0.25) is 0 Å². The van der Waals surface area contributed by atoms with Crippen molar-refractivity contribution in [2.45, 2.75) is 0 Å². The topological polar surface area (TPSA) is 85.9 Å². The second-order valence-electron chi connectivity index (χ2n) is 3.03. The van der Waals surface area contributed by atoms with Crippen LogP contribution in [-0.2, 0) is 0 Å². The average molecular weight is 204 g/mol. The number of pyridine rings is 1. The molecule has 0 aliphatic carbocycles. The summed E-state index contributed by atoms with van der Waals surface area (Å²) in [6, 6.07) is 5.91. The molecular weight excluding hydrogens is 196 g/mol. The molecule has 0 atom stereocenters. The minimum Gasteiger partial charge on any atom is -0.477 e. The van der Waals surface area contributed by atoms with E-state index in [4.69, 9.17) is 5.11 Å². The fourth-order valence-electron chi connectivity index (χ4n) is 1.30. The molecule has 2 aromatic rings. The zero-order valence-corrected chi connectivity index (χ0v) is 7.65. The quantitative estimate of drug-likeness (QED) is 0.683. The van der Waals surface area contributed by atoms with Crippen molar-refractivity contribution in [3.63, 3.8) is 0 Å². The number of nitrogens with one attached hydrogen (secondary N) is 2. The fraction of sp³-hybridized carbons (Fsp3) is 0. The number of carbonyl (C=O) groups is 1. The van der Waals surface area contributed by atoms with E-state index in [9.17, 15) is 9.59 Å². The van der Waals surface area contributed by atoms with Gasteiger partial charge in [0, 0.05) is 18.3 Å². The summed E-state index contributed by atoms with van der Waals surface area (Å²) >= 11 is 0. The van der Waals surface area contributed by atoms with Gasteiger partial charge >= 0.3 is 5.97 Å². The third-order valence-corrected chi connectivity index (χ3v) is 1.96. The standard InChI is InChI=1S/C10H8N2O3/c13-6-4-8(7-2-1-3-11-7)12-9(5-6)10(14)15/h1-5,11H,(H,12,13)(H,14,15). The predicted molar refractivity (Wildman–Crippen MR) is 53.8 cm³/mol. The normalized spacial score (nSPS) is 10.1. The van der Waals surface area contributed by atoms with E-state index in [-0.39, 0.29) is 11.1 Å². The minimum absolute atomic E-state index is 0.118. The summed E-state index contributed by atoms with van der Waals surface area (Å²) < 4.78 is 0. The van der Waals surface area contributed by atoms with Crippen LogP contribution in [0.15, 0.2) is 35.3 Å². The Labute approximate surface area is 84.4 Å². The van der Waals surface area contributed by atoms with Crippen molar-refractivity contribution in [2.75, 3.05) is 0 Å². The molecule has 2 aromatic heterocycles. The molecule has 5 heteroatoms. The molecule has 15 heavy (non-hydrogen) atoms. The lowest BCUT2D eigenvalue weighted by Gasteiger charge is -2.00. The molecule has 0 saturated carbocycles. The molecule has 0 bridgehead atoms. The predicted octanol–water partition coefficient (Wildman–Crippen LogP) is 1.07. The van der Waals surface area contributed by atoms with Crippen molar-refractivity contribution in [3.05, 3.63) is 46.4 Å². The summed E-state index contributed by atoms with van der Waals surface area (Å²) in [7, 11) is 0. The molecule has 76 valence electrons. The van der Waals surface area contributed by atoms with Gasteiger partial charge in [-0.15, -0.1) is 0 Å². The smallest absolute Gasteiger partial charge is 0.352 e. The number of carboxylic acid groups (broad SMARTS) is 1. The first-order chi connectivity index (χ1) is 7.16. The van der Waals surface area contributed by atoms with Crippen LogP contribution in [0.5, 0.6) is 0 Å². The van der Waals surface area contributed by atoms with Crippen LogP contribution < -0.4 is 5.43 Å². The van der Waals surface area contributed by atoms with Gasteiger partial charge in [0.1, 0.15) is 5.69 Å². The number of aromatic carboxylic acids is 1. The van der Waals surface area contributed by atoms with E-state index < -0.39 is 5.97 Å². The average Bonchev–Trinajstić information content (AvgIpc) is 2.69. The number of rotatable bonds is 2. The first-order valence-corrected chi connectivity index (χ1v) is 4.28. The zero-order chi connectivity index (χ0) is 10.8. The molecule has 0 spiro atoms. The van der Waals surface area contributed by atoms with Gasteiger partial charge in [-0.05, 0) is 12.1 Å². The maximum absolute atomic E-state index is 11.2. The van der Waals surface area contributed by atoms with Gasteiger partial charge in [-0.1, -0.05) is 0 Å². The third-order valence-electron chi connectivity index (χ3n) is 1.96. The number of hydrogen-bond acceptors (Lipinski definition) is 2. The van der Waals surface area contributed by atoms with Crippen LogP contribution in [0.1, 0.15) is 10.5 Å². The summed E-state index contributed by atoms with van der Waals surface area (Å²) in [5, 5.41) is 8.75. The van der Waals surface area contributed by atoms with Gasteiger partial charge in [0.05, 0.1) is 11.4 Å². The molecule has 0 radical (unpaired) electrons. The summed E-state index contributed by atoms with van der Waals surface area (Å²) in [6.07, 6.45) is 1.70. The third kappa shape index (κ3) is 1.80. The number of aromatic amines is 2. The second kappa shape index (κ2) is 3.45. The maximum atomic E-state index is 11.2. The number of hydrogen-bond donors (Lipinski definition) is 3. The van der Waals surface area contributed by atoms with Gasteiger partial charge in [-0.25, -0.2) is 4.79 Å². The molecule has 5 nitrogen and oxygen atoms in total. The van der Waals surface area contributed by atoms with E-state index in [0.717, 1.165) is 6.07 Å². The monoisotopic (exact) mass is 204 g/mol. The van der Waals surface area contributed by atoms with Crippen molar-refractivity contribution in [1.82, 2.24) is 9.97 Å². The van der Waals surface area contributed by atoms with Crippen molar-refractivity contribution in [1.29, 1.82) is 0 Å². The highest BCUT2D eigenvalue weighted by atomic mass is 16.4. The molecule has 0 aliphatic heterocycles. The second-order valence-corrected chi connectivity index (χ2v) is 3.03. The van der Waals surface area contributed by atoms with Crippen LogP contribution in [-0.4, -0.2) is 21.0 Å². The first kappa shape index (κ1) is 9.26. The fourth-order valence-corrected chi connectivity index (χ4v) is 1.30. The molecule has 0 unspecified atom stereocenters. The lowest BCUT2D eigenvalue weighted by atomic mass is 10.2. The molecule has 0 fully saturated rings. The highest BCUT2D eigenvalue weighted by Gasteiger charge is 2.07. The lowest BCUT2D eigenvalue weighted by molar-refractivity contribution is 0.0690. The van der Waals surface area contributed by atoms with Crippen molar-refractivity contribution in [3.8, 4) is 11.4 Å². The van der Waals surface area contributed by atoms with E-state index in [1.807, 2.05) is 0 Å². The Morgan fingerprint density at radius 3 is 2.67 bits per heavy atom. The summed E-state index contributed by atoms with van der Waals surface area (Å²) in [5.41, 5.74) is 0.683. The Balaban J connectivity index is 2.59. The Hall–Kier alpha value is -2.30. The Bertz CT molecular complexity index is 540. The van der Waals surface area contributed by atoms with E-state index in [2.05, 4.69) is 9.97 Å². The van der Waals surface area contributed by atoms with Crippen LogP contribution in [0.25, 0.3) is 11.4 Å². The van der Waals surface area contributed by atoms with Crippen molar-refractivity contribution < 1.29 is 9.90 Å². The zero-order valence-electron chi connectivity index (χ0n) is 7.65. The molecule has 2 heterocycles. The summed E-state index contributed by atoms with van der Waals surface area (Å²) in [6.45, 7) is 0. The summed E-state index contributed by atoms with van der Waals surface area (Å²) in [5.74, 6) is -1.15. The van der Waals surface area contributed by atoms with Gasteiger partial charge < -0.3 is 15.1 Å². The minimum atomic E-state index is -1.15. The number of aromatic nitrogens is 2. The van der Waals surface area contributed by atoms with Crippen LogP contribution in [0.4, 0.5) is 0 Å². The number of carboxylic acids is 1. The van der Waals surface area contributed by atoms with Crippen molar-refractivity contribution in [2.24, 2.45) is 0 Å². The van der Waals surface area contributed by atoms with E-state index in [0.29, 0.717) is 11.4 Å². The van der Waals surface area contributed by atoms with E-state index in [1.165, 1.54) is 6.07 Å². The highest BCUT2D eigenvalue weighted by Crippen LogP contribution is 2.12. The molecule has 3 N–H and O–H groups in total. The van der Waals surface area contributed by atoms with Gasteiger partial charge in [0.25, 0.3) is 0 Å². The molecular formula is C10H8N2O3. The lowest BCUT2D eigenvalue weighted by Crippen LogP contribution is -2.09. The first-order valence-electron chi connectivity index (χ1n) is 4.28. The summed E-state index contributed by atoms with van der Waals surface area (Å²) in [4.78, 5) is 27.4. The molecule has 0 saturated heterocycles. The SMILES string of the molecule is O=C(O)c1cc(=O)cc(-c2ccc[nH]2)[nH]1.